The minimum absolute atomic E-state index is 0.140. The average Bonchev–Trinajstić information content (AvgIpc) is 3.17. The van der Waals surface area contributed by atoms with Crippen molar-refractivity contribution in [3.63, 3.8) is 0 Å². The predicted octanol–water partition coefficient (Wildman–Crippen LogP) is 1.12. The average molecular weight is 352 g/mol. The normalized spacial score (nSPS) is 18.7. The number of nitrogens with zero attached hydrogens (tertiary/aromatic N) is 3. The lowest BCUT2D eigenvalue weighted by Gasteiger charge is -2.18. The molecular formula is C18H16N4O4. The van der Waals surface area contributed by atoms with E-state index in [2.05, 4.69) is 15.4 Å². The highest BCUT2D eigenvalue weighted by Gasteiger charge is 2.32. The molecule has 1 aliphatic carbocycles. The molecule has 0 spiro atoms. The lowest BCUT2D eigenvalue weighted by atomic mass is 10.1. The number of aliphatic hydroxyl groups excluding tert-OH is 1. The van der Waals surface area contributed by atoms with Crippen molar-refractivity contribution in [3.8, 4) is 0 Å². The Morgan fingerprint density at radius 2 is 2.00 bits per heavy atom. The number of amides is 1. The Hall–Kier alpha value is -3.26. The molecule has 3 aromatic rings. The van der Waals surface area contributed by atoms with Gasteiger partial charge in [0.1, 0.15) is 5.69 Å². The number of carboxylic acids is 1. The molecule has 132 valence electrons. The first-order valence-corrected chi connectivity index (χ1v) is 8.11. The van der Waals surface area contributed by atoms with Gasteiger partial charge < -0.3 is 15.5 Å². The van der Waals surface area contributed by atoms with Crippen LogP contribution in [-0.2, 0) is 6.42 Å². The van der Waals surface area contributed by atoms with Crippen molar-refractivity contribution in [2.75, 3.05) is 0 Å². The van der Waals surface area contributed by atoms with Gasteiger partial charge in [-0.05, 0) is 24.1 Å². The van der Waals surface area contributed by atoms with Crippen LogP contribution in [0.5, 0.6) is 0 Å². The smallest absolute Gasteiger partial charge is 0.356 e. The minimum atomic E-state index is -1.16. The molecule has 8 heteroatoms. The molecule has 1 aromatic carbocycles. The van der Waals surface area contributed by atoms with Crippen LogP contribution in [0.25, 0.3) is 5.65 Å². The van der Waals surface area contributed by atoms with Crippen LogP contribution in [-0.4, -0.2) is 42.8 Å². The largest absolute Gasteiger partial charge is 0.476 e. The zero-order valence-electron chi connectivity index (χ0n) is 13.9. The fourth-order valence-electron chi connectivity index (χ4n) is 3.31. The summed E-state index contributed by atoms with van der Waals surface area (Å²) < 4.78 is 1.37. The highest BCUT2D eigenvalue weighted by atomic mass is 16.4. The number of nitrogens with one attached hydrogen (secondary N) is 1. The summed E-state index contributed by atoms with van der Waals surface area (Å²) in [5.41, 5.74) is 2.76. The van der Waals surface area contributed by atoms with Crippen LogP contribution in [0.4, 0.5) is 0 Å². The summed E-state index contributed by atoms with van der Waals surface area (Å²) in [4.78, 5) is 27.9. The van der Waals surface area contributed by atoms with Gasteiger partial charge in [-0.1, -0.05) is 24.3 Å². The van der Waals surface area contributed by atoms with Crippen LogP contribution in [0, 0.1) is 6.92 Å². The Morgan fingerprint density at radius 1 is 1.23 bits per heavy atom. The van der Waals surface area contributed by atoms with E-state index >= 15 is 0 Å². The molecule has 0 unspecified atom stereocenters. The van der Waals surface area contributed by atoms with Gasteiger partial charge in [0.05, 0.1) is 12.1 Å². The third-order valence-electron chi connectivity index (χ3n) is 4.55. The number of hydrogen-bond donors (Lipinski definition) is 3. The molecule has 0 aliphatic heterocycles. The molecule has 8 nitrogen and oxygen atoms in total. The van der Waals surface area contributed by atoms with Crippen molar-refractivity contribution in [2.45, 2.75) is 25.5 Å². The van der Waals surface area contributed by atoms with E-state index in [-0.39, 0.29) is 17.0 Å². The molecule has 0 saturated heterocycles. The number of carbonyl (C=O) groups is 2. The van der Waals surface area contributed by atoms with E-state index < -0.39 is 24.0 Å². The molecule has 2 atom stereocenters. The molecule has 0 radical (unpaired) electrons. The molecule has 0 fully saturated rings. The number of benzene rings is 1. The number of hydrogen-bond acceptors (Lipinski definition) is 5. The van der Waals surface area contributed by atoms with Crippen LogP contribution in [0.2, 0.25) is 0 Å². The van der Waals surface area contributed by atoms with Gasteiger partial charge in [-0.25, -0.2) is 14.3 Å². The second-order valence-electron chi connectivity index (χ2n) is 6.31. The van der Waals surface area contributed by atoms with Gasteiger partial charge in [-0.2, -0.15) is 5.10 Å². The first kappa shape index (κ1) is 16.2. The molecular weight excluding hydrogens is 336 g/mol. The fourth-order valence-corrected chi connectivity index (χ4v) is 3.31. The molecule has 0 bridgehead atoms. The van der Waals surface area contributed by atoms with Crippen molar-refractivity contribution < 1.29 is 19.8 Å². The van der Waals surface area contributed by atoms with Gasteiger partial charge in [-0.3, -0.25) is 4.79 Å². The Kier molecular flexibility index (Phi) is 3.69. The predicted molar refractivity (Wildman–Crippen MR) is 91.0 cm³/mol. The monoisotopic (exact) mass is 352 g/mol. The highest BCUT2D eigenvalue weighted by Crippen LogP contribution is 2.31. The van der Waals surface area contributed by atoms with Gasteiger partial charge in [0.25, 0.3) is 5.91 Å². The number of carbonyl (C=O) groups excluding carboxylic acids is 1. The van der Waals surface area contributed by atoms with E-state index in [0.29, 0.717) is 12.1 Å². The Balaban J connectivity index is 1.65. The van der Waals surface area contributed by atoms with E-state index in [4.69, 9.17) is 5.11 Å². The van der Waals surface area contributed by atoms with Crippen molar-refractivity contribution in [1.82, 2.24) is 19.9 Å². The van der Waals surface area contributed by atoms with Crippen LogP contribution in [0.15, 0.2) is 36.4 Å². The summed E-state index contributed by atoms with van der Waals surface area (Å²) in [5.74, 6) is -1.60. The maximum absolute atomic E-state index is 12.7. The number of aromatic carboxylic acids is 1. The van der Waals surface area contributed by atoms with Gasteiger partial charge in [0, 0.05) is 18.2 Å². The van der Waals surface area contributed by atoms with E-state index in [1.807, 2.05) is 24.3 Å². The number of aryl methyl sites for hydroxylation is 1. The van der Waals surface area contributed by atoms with Crippen molar-refractivity contribution in [1.29, 1.82) is 0 Å². The van der Waals surface area contributed by atoms with E-state index in [0.717, 1.165) is 11.1 Å². The maximum atomic E-state index is 12.7. The molecule has 3 N–H and O–H groups in total. The third kappa shape index (κ3) is 2.60. The van der Waals surface area contributed by atoms with Crippen LogP contribution in [0.1, 0.15) is 43.8 Å². The topological polar surface area (TPSA) is 117 Å². The molecule has 4 rings (SSSR count). The van der Waals surface area contributed by atoms with Crippen molar-refractivity contribution in [2.24, 2.45) is 0 Å². The number of carboxylic acid groups (broad SMARTS) is 1. The summed E-state index contributed by atoms with van der Waals surface area (Å²) in [7, 11) is 0. The summed E-state index contributed by atoms with van der Waals surface area (Å²) >= 11 is 0. The van der Waals surface area contributed by atoms with Crippen molar-refractivity contribution >= 4 is 17.5 Å². The minimum Gasteiger partial charge on any atom is -0.476 e. The van der Waals surface area contributed by atoms with E-state index in [9.17, 15) is 14.7 Å². The van der Waals surface area contributed by atoms with E-state index in [1.165, 1.54) is 16.6 Å². The Morgan fingerprint density at radius 3 is 2.77 bits per heavy atom. The van der Waals surface area contributed by atoms with Crippen molar-refractivity contribution in [3.05, 3.63) is 64.6 Å². The van der Waals surface area contributed by atoms with Gasteiger partial charge >= 0.3 is 5.97 Å². The van der Waals surface area contributed by atoms with Gasteiger partial charge in [0.15, 0.2) is 11.3 Å². The SMILES string of the molecule is Cc1cc(C(=O)N[C@@H]2c3ccccc3C[C@@H]2O)nc2cc(C(=O)O)nn12. The van der Waals surface area contributed by atoms with Crippen LogP contribution < -0.4 is 5.32 Å². The number of aliphatic hydroxyl groups is 1. The van der Waals surface area contributed by atoms with Gasteiger partial charge in [0.2, 0.25) is 0 Å². The summed E-state index contributed by atoms with van der Waals surface area (Å²) in [6, 6.07) is 9.92. The second kappa shape index (κ2) is 5.92. The molecule has 1 aliphatic rings. The summed E-state index contributed by atoms with van der Waals surface area (Å²) in [6.07, 6.45) is -0.216. The van der Waals surface area contributed by atoms with E-state index in [1.54, 1.807) is 6.92 Å². The zero-order chi connectivity index (χ0) is 18.4. The second-order valence-corrected chi connectivity index (χ2v) is 6.31. The molecule has 26 heavy (non-hydrogen) atoms. The fraction of sp³-hybridized carbons (Fsp3) is 0.222. The number of rotatable bonds is 3. The first-order valence-electron chi connectivity index (χ1n) is 8.11. The highest BCUT2D eigenvalue weighted by molar-refractivity contribution is 5.93. The van der Waals surface area contributed by atoms with Crippen LogP contribution >= 0.6 is 0 Å². The molecule has 1 amide bonds. The number of aromatic nitrogens is 3. The summed E-state index contributed by atoms with van der Waals surface area (Å²) in [5, 5.41) is 26.1. The molecule has 2 heterocycles. The Bertz CT molecular complexity index is 1040. The number of fused-ring (bicyclic) bond motifs is 2. The first-order chi connectivity index (χ1) is 12.4. The maximum Gasteiger partial charge on any atom is 0.356 e. The quantitative estimate of drug-likeness (QED) is 0.650. The Labute approximate surface area is 148 Å². The van der Waals surface area contributed by atoms with Gasteiger partial charge in [-0.15, -0.1) is 0 Å². The summed E-state index contributed by atoms with van der Waals surface area (Å²) in [6.45, 7) is 1.71. The lowest BCUT2D eigenvalue weighted by Crippen LogP contribution is -2.34. The van der Waals surface area contributed by atoms with Crippen LogP contribution in [0.3, 0.4) is 0 Å². The third-order valence-corrected chi connectivity index (χ3v) is 4.55. The standard InChI is InChI=1S/C18H16N4O4/c1-9-6-12(19-15-8-13(18(25)26)21-22(9)15)17(24)20-16-11-5-3-2-4-10(11)7-14(16)23/h2-6,8,14,16,23H,7H2,1H3,(H,20,24)(H,25,26)/t14-,16+/m0/s1. The molecule has 2 aromatic heterocycles. The zero-order valence-corrected chi connectivity index (χ0v) is 13.9. The molecule has 0 saturated carbocycles. The lowest BCUT2D eigenvalue weighted by molar-refractivity contribution is 0.0689.